The SMILES string of the molecule is Nc1ccc(-c2nnc3n2CCCCC3)cc1. The van der Waals surface area contributed by atoms with Gasteiger partial charge in [-0.25, -0.2) is 0 Å². The van der Waals surface area contributed by atoms with E-state index < -0.39 is 0 Å². The second-order valence-electron chi connectivity index (χ2n) is 4.52. The average Bonchev–Trinajstić information content (AvgIpc) is 2.60. The van der Waals surface area contributed by atoms with Gasteiger partial charge in [-0.05, 0) is 37.1 Å². The summed E-state index contributed by atoms with van der Waals surface area (Å²) in [6.45, 7) is 1.03. The number of fused-ring (bicyclic) bond motifs is 1. The summed E-state index contributed by atoms with van der Waals surface area (Å²) >= 11 is 0. The van der Waals surface area contributed by atoms with Crippen LogP contribution in [0.15, 0.2) is 24.3 Å². The maximum absolute atomic E-state index is 5.70. The van der Waals surface area contributed by atoms with Crippen LogP contribution in [0.2, 0.25) is 0 Å². The molecule has 3 rings (SSSR count). The lowest BCUT2D eigenvalue weighted by Gasteiger charge is -2.06. The first-order valence-electron chi connectivity index (χ1n) is 6.12. The Labute approximate surface area is 100 Å². The number of nitrogens with two attached hydrogens (primary N) is 1. The quantitative estimate of drug-likeness (QED) is 0.762. The normalized spacial score (nSPS) is 15.3. The number of anilines is 1. The first-order chi connectivity index (χ1) is 8.34. The van der Waals surface area contributed by atoms with E-state index in [2.05, 4.69) is 14.8 Å². The molecule has 0 fully saturated rings. The zero-order chi connectivity index (χ0) is 11.7. The largest absolute Gasteiger partial charge is 0.399 e. The molecule has 88 valence electrons. The van der Waals surface area contributed by atoms with Crippen molar-refractivity contribution in [2.75, 3.05) is 5.73 Å². The molecule has 1 aliphatic heterocycles. The van der Waals surface area contributed by atoms with Crippen LogP contribution in [0.4, 0.5) is 5.69 Å². The molecule has 1 aromatic heterocycles. The predicted molar refractivity (Wildman–Crippen MR) is 67.4 cm³/mol. The van der Waals surface area contributed by atoms with Crippen molar-refractivity contribution in [3.8, 4) is 11.4 Å². The van der Waals surface area contributed by atoms with Crippen molar-refractivity contribution >= 4 is 5.69 Å². The van der Waals surface area contributed by atoms with Crippen LogP contribution in [0, 0.1) is 0 Å². The number of nitrogen functional groups attached to an aromatic ring is 1. The van der Waals surface area contributed by atoms with Gasteiger partial charge in [0.25, 0.3) is 0 Å². The number of aryl methyl sites for hydroxylation is 1. The maximum Gasteiger partial charge on any atom is 0.163 e. The van der Waals surface area contributed by atoms with Crippen LogP contribution in [0.25, 0.3) is 11.4 Å². The van der Waals surface area contributed by atoms with Gasteiger partial charge in [0.05, 0.1) is 0 Å². The summed E-state index contributed by atoms with van der Waals surface area (Å²) in [7, 11) is 0. The maximum atomic E-state index is 5.70. The van der Waals surface area contributed by atoms with E-state index in [9.17, 15) is 0 Å². The van der Waals surface area contributed by atoms with E-state index in [-0.39, 0.29) is 0 Å². The second kappa shape index (κ2) is 4.20. The molecule has 17 heavy (non-hydrogen) atoms. The van der Waals surface area contributed by atoms with Gasteiger partial charge in [0.15, 0.2) is 5.82 Å². The highest BCUT2D eigenvalue weighted by molar-refractivity contribution is 5.59. The van der Waals surface area contributed by atoms with Gasteiger partial charge in [0, 0.05) is 24.2 Å². The summed E-state index contributed by atoms with van der Waals surface area (Å²) in [5, 5.41) is 8.61. The fourth-order valence-corrected chi connectivity index (χ4v) is 2.33. The van der Waals surface area contributed by atoms with E-state index in [0.717, 1.165) is 35.9 Å². The lowest BCUT2D eigenvalue weighted by Crippen LogP contribution is -2.02. The standard InChI is InChI=1S/C13H16N4/c14-11-7-5-10(6-8-11)13-16-15-12-4-2-1-3-9-17(12)13/h5-8H,1-4,9,14H2. The van der Waals surface area contributed by atoms with E-state index in [1.165, 1.54) is 19.3 Å². The number of hydrogen-bond donors (Lipinski definition) is 1. The third kappa shape index (κ3) is 1.90. The number of aromatic nitrogens is 3. The van der Waals surface area contributed by atoms with Crippen LogP contribution in [-0.2, 0) is 13.0 Å². The minimum atomic E-state index is 0.782. The summed E-state index contributed by atoms with van der Waals surface area (Å²) in [5.41, 5.74) is 7.58. The van der Waals surface area contributed by atoms with E-state index in [4.69, 9.17) is 5.73 Å². The molecule has 0 saturated heterocycles. The highest BCUT2D eigenvalue weighted by Crippen LogP contribution is 2.23. The molecule has 1 aliphatic rings. The highest BCUT2D eigenvalue weighted by Gasteiger charge is 2.15. The zero-order valence-corrected chi connectivity index (χ0v) is 9.76. The van der Waals surface area contributed by atoms with E-state index in [0.29, 0.717) is 0 Å². The molecule has 0 amide bonds. The van der Waals surface area contributed by atoms with Gasteiger partial charge in [-0.2, -0.15) is 0 Å². The fraction of sp³-hybridized carbons (Fsp3) is 0.385. The molecule has 0 spiro atoms. The summed E-state index contributed by atoms with van der Waals surface area (Å²) in [4.78, 5) is 0. The Balaban J connectivity index is 2.03. The molecular formula is C13H16N4. The first kappa shape index (κ1) is 10.3. The zero-order valence-electron chi connectivity index (χ0n) is 9.76. The van der Waals surface area contributed by atoms with Crippen LogP contribution in [0.5, 0.6) is 0 Å². The van der Waals surface area contributed by atoms with E-state index in [1.807, 2.05) is 24.3 Å². The molecule has 2 N–H and O–H groups in total. The molecule has 0 saturated carbocycles. The molecule has 4 nitrogen and oxygen atoms in total. The van der Waals surface area contributed by atoms with E-state index >= 15 is 0 Å². The smallest absolute Gasteiger partial charge is 0.163 e. The minimum absolute atomic E-state index is 0.782. The van der Waals surface area contributed by atoms with Crippen molar-refractivity contribution in [2.45, 2.75) is 32.2 Å². The third-order valence-corrected chi connectivity index (χ3v) is 3.28. The van der Waals surface area contributed by atoms with Crippen LogP contribution in [-0.4, -0.2) is 14.8 Å². The van der Waals surface area contributed by atoms with Crippen LogP contribution >= 0.6 is 0 Å². The molecule has 0 radical (unpaired) electrons. The van der Waals surface area contributed by atoms with Crippen LogP contribution in [0.3, 0.4) is 0 Å². The fourth-order valence-electron chi connectivity index (χ4n) is 2.33. The second-order valence-corrected chi connectivity index (χ2v) is 4.52. The molecule has 2 heterocycles. The highest BCUT2D eigenvalue weighted by atomic mass is 15.3. The Morgan fingerprint density at radius 2 is 1.82 bits per heavy atom. The predicted octanol–water partition coefficient (Wildman–Crippen LogP) is 2.25. The van der Waals surface area contributed by atoms with Gasteiger partial charge in [-0.1, -0.05) is 6.42 Å². The summed E-state index contributed by atoms with van der Waals surface area (Å²) in [6, 6.07) is 7.84. The van der Waals surface area contributed by atoms with Gasteiger partial charge < -0.3 is 10.3 Å². The molecule has 0 bridgehead atoms. The Morgan fingerprint density at radius 3 is 2.65 bits per heavy atom. The monoisotopic (exact) mass is 228 g/mol. The van der Waals surface area contributed by atoms with Crippen molar-refractivity contribution < 1.29 is 0 Å². The Kier molecular flexibility index (Phi) is 2.55. The molecular weight excluding hydrogens is 212 g/mol. The van der Waals surface area contributed by atoms with Gasteiger partial charge in [0.2, 0.25) is 0 Å². The lowest BCUT2D eigenvalue weighted by molar-refractivity contribution is 0.636. The molecule has 0 unspecified atom stereocenters. The van der Waals surface area contributed by atoms with Crippen molar-refractivity contribution in [3.05, 3.63) is 30.1 Å². The molecule has 2 aromatic rings. The van der Waals surface area contributed by atoms with Gasteiger partial charge >= 0.3 is 0 Å². The topological polar surface area (TPSA) is 56.7 Å². The van der Waals surface area contributed by atoms with Crippen LogP contribution < -0.4 is 5.73 Å². The average molecular weight is 228 g/mol. The molecule has 0 aliphatic carbocycles. The molecule has 0 atom stereocenters. The molecule has 1 aromatic carbocycles. The van der Waals surface area contributed by atoms with Crippen molar-refractivity contribution in [2.24, 2.45) is 0 Å². The first-order valence-corrected chi connectivity index (χ1v) is 6.12. The summed E-state index contributed by atoms with van der Waals surface area (Å²) in [5.74, 6) is 2.09. The number of rotatable bonds is 1. The Bertz CT molecular complexity index is 513. The summed E-state index contributed by atoms with van der Waals surface area (Å²) in [6.07, 6.45) is 4.76. The van der Waals surface area contributed by atoms with Gasteiger partial charge in [-0.15, -0.1) is 10.2 Å². The summed E-state index contributed by atoms with van der Waals surface area (Å²) < 4.78 is 2.25. The Morgan fingerprint density at radius 1 is 1.00 bits per heavy atom. The van der Waals surface area contributed by atoms with Crippen molar-refractivity contribution in [3.63, 3.8) is 0 Å². The number of nitrogens with zero attached hydrogens (tertiary/aromatic N) is 3. The van der Waals surface area contributed by atoms with Crippen molar-refractivity contribution in [1.82, 2.24) is 14.8 Å². The minimum Gasteiger partial charge on any atom is -0.399 e. The lowest BCUT2D eigenvalue weighted by atomic mass is 10.2. The number of benzene rings is 1. The Hall–Kier alpha value is -1.84. The van der Waals surface area contributed by atoms with Crippen molar-refractivity contribution in [1.29, 1.82) is 0 Å². The van der Waals surface area contributed by atoms with E-state index in [1.54, 1.807) is 0 Å². The van der Waals surface area contributed by atoms with Gasteiger partial charge in [0.1, 0.15) is 5.82 Å². The third-order valence-electron chi connectivity index (χ3n) is 3.28. The molecule has 4 heteroatoms. The number of hydrogen-bond acceptors (Lipinski definition) is 3. The van der Waals surface area contributed by atoms with Crippen LogP contribution in [0.1, 0.15) is 25.1 Å². The van der Waals surface area contributed by atoms with Gasteiger partial charge in [-0.3, -0.25) is 0 Å².